The zero-order chi connectivity index (χ0) is 17.5. The lowest BCUT2D eigenvalue weighted by atomic mass is 10.1. The normalized spacial score (nSPS) is 20.6. The Morgan fingerprint density at radius 3 is 2.88 bits per heavy atom. The Morgan fingerprint density at radius 2 is 2.08 bits per heavy atom. The van der Waals surface area contributed by atoms with Crippen LogP contribution in [0.2, 0.25) is 0 Å². The molecule has 0 spiro atoms. The molecule has 1 saturated heterocycles. The largest absolute Gasteiger partial charge is 0.339 e. The molecule has 3 aromatic rings. The molecule has 1 unspecified atom stereocenters. The number of para-hydroxylation sites is 2. The minimum atomic E-state index is 0.194. The molecule has 3 heterocycles. The van der Waals surface area contributed by atoms with E-state index < -0.39 is 0 Å². The van der Waals surface area contributed by atoms with Crippen molar-refractivity contribution in [2.45, 2.75) is 44.2 Å². The second-order valence-electron chi connectivity index (χ2n) is 7.46. The van der Waals surface area contributed by atoms with Crippen LogP contribution >= 0.6 is 0 Å². The number of imidazole rings is 2. The molecule has 6 nitrogen and oxygen atoms in total. The van der Waals surface area contributed by atoms with Gasteiger partial charge in [0.05, 0.1) is 23.4 Å². The molecule has 1 aliphatic carbocycles. The molecule has 5 rings (SSSR count). The minimum Gasteiger partial charge on any atom is -0.339 e. The number of amides is 1. The predicted molar refractivity (Wildman–Crippen MR) is 98.8 cm³/mol. The van der Waals surface area contributed by atoms with Crippen molar-refractivity contribution in [1.82, 2.24) is 24.0 Å². The van der Waals surface area contributed by atoms with Crippen LogP contribution in [0.15, 0.2) is 43.0 Å². The lowest BCUT2D eigenvalue weighted by Gasteiger charge is -2.33. The molecule has 1 aliphatic heterocycles. The van der Waals surface area contributed by atoms with Crippen LogP contribution in [0.3, 0.4) is 0 Å². The number of piperidine rings is 1. The van der Waals surface area contributed by atoms with Crippen molar-refractivity contribution in [3.63, 3.8) is 0 Å². The molecule has 1 aromatic carbocycles. The molecular weight excluding hydrogens is 326 g/mol. The fourth-order valence-electron chi connectivity index (χ4n) is 4.06. The van der Waals surface area contributed by atoms with E-state index in [2.05, 4.69) is 20.2 Å². The number of hydrogen-bond donors (Lipinski definition) is 0. The van der Waals surface area contributed by atoms with Gasteiger partial charge < -0.3 is 14.0 Å². The molecule has 2 aromatic heterocycles. The van der Waals surface area contributed by atoms with Crippen molar-refractivity contribution in [2.24, 2.45) is 0 Å². The molecule has 1 amide bonds. The molecule has 1 saturated carbocycles. The third-order valence-corrected chi connectivity index (χ3v) is 5.62. The van der Waals surface area contributed by atoms with Gasteiger partial charge in [-0.2, -0.15) is 0 Å². The zero-order valence-electron chi connectivity index (χ0n) is 14.8. The molecule has 0 bridgehead atoms. The highest BCUT2D eigenvalue weighted by atomic mass is 16.2. The quantitative estimate of drug-likeness (QED) is 0.728. The Morgan fingerprint density at radius 1 is 1.19 bits per heavy atom. The van der Waals surface area contributed by atoms with Crippen LogP contribution in [-0.2, 0) is 11.3 Å². The van der Waals surface area contributed by atoms with Crippen LogP contribution in [0, 0.1) is 0 Å². The highest BCUT2D eigenvalue weighted by molar-refractivity contribution is 5.81. The monoisotopic (exact) mass is 349 g/mol. The van der Waals surface area contributed by atoms with E-state index in [9.17, 15) is 4.79 Å². The third-order valence-electron chi connectivity index (χ3n) is 5.62. The highest BCUT2D eigenvalue weighted by Gasteiger charge is 2.31. The van der Waals surface area contributed by atoms with Crippen LogP contribution < -0.4 is 0 Å². The first-order valence-corrected chi connectivity index (χ1v) is 9.50. The second-order valence-corrected chi connectivity index (χ2v) is 7.46. The fraction of sp³-hybridized carbons (Fsp3) is 0.450. The van der Waals surface area contributed by atoms with Crippen molar-refractivity contribution in [3.8, 4) is 0 Å². The summed E-state index contributed by atoms with van der Waals surface area (Å²) < 4.78 is 4.28. The first-order chi connectivity index (χ1) is 12.8. The summed E-state index contributed by atoms with van der Waals surface area (Å²) in [4.78, 5) is 24.0. The van der Waals surface area contributed by atoms with Gasteiger partial charge in [-0.15, -0.1) is 0 Å². The lowest BCUT2D eigenvalue weighted by molar-refractivity contribution is -0.133. The van der Waals surface area contributed by atoms with Gasteiger partial charge >= 0.3 is 0 Å². The molecule has 26 heavy (non-hydrogen) atoms. The molecule has 1 atom stereocenters. The van der Waals surface area contributed by atoms with Gasteiger partial charge in [-0.05, 0) is 37.8 Å². The van der Waals surface area contributed by atoms with E-state index >= 15 is 0 Å². The number of hydrogen-bond acceptors (Lipinski definition) is 3. The van der Waals surface area contributed by atoms with E-state index in [-0.39, 0.29) is 5.91 Å². The van der Waals surface area contributed by atoms with Crippen LogP contribution in [0.5, 0.6) is 0 Å². The van der Waals surface area contributed by atoms with Crippen molar-refractivity contribution in [1.29, 1.82) is 0 Å². The average Bonchev–Trinajstić information content (AvgIpc) is 3.25. The number of fused-ring (bicyclic) bond motifs is 1. The summed E-state index contributed by atoms with van der Waals surface area (Å²) in [5.74, 6) is 1.80. The zero-order valence-corrected chi connectivity index (χ0v) is 14.8. The number of rotatable bonds is 4. The van der Waals surface area contributed by atoms with Crippen molar-refractivity contribution in [3.05, 3.63) is 48.8 Å². The van der Waals surface area contributed by atoms with Gasteiger partial charge in [0.2, 0.25) is 5.91 Å². The maximum Gasteiger partial charge on any atom is 0.242 e. The lowest BCUT2D eigenvalue weighted by Crippen LogP contribution is -2.42. The van der Waals surface area contributed by atoms with Crippen LogP contribution in [0.25, 0.3) is 11.0 Å². The average molecular weight is 349 g/mol. The number of carbonyl (C=O) groups is 1. The van der Waals surface area contributed by atoms with Gasteiger partial charge in [0.25, 0.3) is 0 Å². The van der Waals surface area contributed by atoms with Gasteiger partial charge in [-0.25, -0.2) is 9.97 Å². The second kappa shape index (κ2) is 6.27. The Balaban J connectivity index is 1.38. The smallest absolute Gasteiger partial charge is 0.242 e. The van der Waals surface area contributed by atoms with Crippen LogP contribution in [0.1, 0.15) is 43.5 Å². The van der Waals surface area contributed by atoms with Crippen molar-refractivity contribution in [2.75, 3.05) is 13.1 Å². The number of benzene rings is 1. The number of nitrogens with zero attached hydrogens (tertiary/aromatic N) is 5. The van der Waals surface area contributed by atoms with E-state index in [0.29, 0.717) is 18.5 Å². The summed E-state index contributed by atoms with van der Waals surface area (Å²) in [6.07, 6.45) is 10.2. The summed E-state index contributed by atoms with van der Waals surface area (Å²) >= 11 is 0. The van der Waals surface area contributed by atoms with Gasteiger partial charge in [0, 0.05) is 31.4 Å². The van der Waals surface area contributed by atoms with Gasteiger partial charge in [0.1, 0.15) is 12.4 Å². The van der Waals surface area contributed by atoms with Crippen LogP contribution in [0.4, 0.5) is 0 Å². The van der Waals surface area contributed by atoms with Gasteiger partial charge in [-0.3, -0.25) is 4.79 Å². The van der Waals surface area contributed by atoms with E-state index in [1.807, 2.05) is 35.6 Å². The molecular formula is C20H23N5O. The standard InChI is InChI=1S/C20H23N5O/c26-19(23-10-3-4-16(12-23)24-11-9-21-14-24)13-25-18-6-2-1-5-17(18)22-20(25)15-7-8-15/h1-2,5-6,9,11,14-16H,3-4,7-8,10,12-13H2. The molecule has 0 N–H and O–H groups in total. The predicted octanol–water partition coefficient (Wildman–Crippen LogP) is 2.97. The maximum atomic E-state index is 13.1. The molecule has 134 valence electrons. The third kappa shape index (κ3) is 2.79. The Labute approximate surface area is 152 Å². The number of carbonyl (C=O) groups excluding carboxylic acids is 1. The Kier molecular flexibility index (Phi) is 3.76. The Bertz CT molecular complexity index is 925. The molecule has 2 aliphatic rings. The summed E-state index contributed by atoms with van der Waals surface area (Å²) in [6, 6.07) is 8.48. The molecule has 2 fully saturated rings. The Hall–Kier alpha value is -2.63. The number of likely N-dealkylation sites (tertiary alicyclic amines) is 1. The number of aromatic nitrogens is 4. The van der Waals surface area contributed by atoms with E-state index in [1.165, 1.54) is 12.8 Å². The highest BCUT2D eigenvalue weighted by Crippen LogP contribution is 2.40. The van der Waals surface area contributed by atoms with Gasteiger partial charge in [0.15, 0.2) is 0 Å². The maximum absolute atomic E-state index is 13.1. The summed E-state index contributed by atoms with van der Waals surface area (Å²) in [7, 11) is 0. The van der Waals surface area contributed by atoms with E-state index in [0.717, 1.165) is 42.8 Å². The first kappa shape index (κ1) is 15.6. The summed E-state index contributed by atoms with van der Waals surface area (Å²) in [5, 5.41) is 0. The SMILES string of the molecule is O=C(Cn1c(C2CC2)nc2ccccc21)N1CCCC(n2ccnc2)C1. The van der Waals surface area contributed by atoms with Gasteiger partial charge in [-0.1, -0.05) is 12.1 Å². The van der Waals surface area contributed by atoms with E-state index in [4.69, 9.17) is 4.98 Å². The van der Waals surface area contributed by atoms with Crippen molar-refractivity contribution < 1.29 is 4.79 Å². The molecule has 6 heteroatoms. The summed E-state index contributed by atoms with van der Waals surface area (Å²) in [5.41, 5.74) is 2.07. The molecule has 0 radical (unpaired) electrons. The minimum absolute atomic E-state index is 0.194. The first-order valence-electron chi connectivity index (χ1n) is 9.50. The summed E-state index contributed by atoms with van der Waals surface area (Å²) in [6.45, 7) is 2.00. The topological polar surface area (TPSA) is 56.0 Å². The van der Waals surface area contributed by atoms with Crippen molar-refractivity contribution >= 4 is 16.9 Å². The fourth-order valence-corrected chi connectivity index (χ4v) is 4.06. The van der Waals surface area contributed by atoms with Crippen LogP contribution in [-0.4, -0.2) is 43.0 Å². The van der Waals surface area contributed by atoms with E-state index in [1.54, 1.807) is 6.20 Å².